The molecule has 2 saturated heterocycles. The molecule has 0 saturated carbocycles. The third-order valence-corrected chi connectivity index (χ3v) is 3.55. The number of nitrogens with one attached hydrogen (secondary N) is 1. The van der Waals surface area contributed by atoms with E-state index in [0.717, 1.165) is 26.2 Å². The number of nitrogens with zero attached hydrogens (tertiary/aromatic N) is 1. The van der Waals surface area contributed by atoms with Crippen LogP contribution in [0.25, 0.3) is 0 Å². The zero-order chi connectivity index (χ0) is 12.0. The van der Waals surface area contributed by atoms with Crippen LogP contribution in [0.1, 0.15) is 27.7 Å². The number of rotatable bonds is 0. The molecule has 5 heteroatoms. The fourth-order valence-corrected chi connectivity index (χ4v) is 2.62. The van der Waals surface area contributed by atoms with E-state index in [1.807, 2.05) is 25.7 Å². The summed E-state index contributed by atoms with van der Waals surface area (Å²) < 4.78 is 5.40. The van der Waals surface area contributed by atoms with Gasteiger partial charge in [0.2, 0.25) is 0 Å². The molecule has 17 heavy (non-hydrogen) atoms. The number of carbonyl (C=O) groups excluding carboxylic acids is 1. The van der Waals surface area contributed by atoms with Gasteiger partial charge in [-0.3, -0.25) is 0 Å². The summed E-state index contributed by atoms with van der Waals surface area (Å²) in [5.41, 5.74) is -0.148. The van der Waals surface area contributed by atoms with Crippen molar-refractivity contribution in [3.05, 3.63) is 0 Å². The number of carbonyl (C=O) groups is 1. The zero-order valence-corrected chi connectivity index (χ0v) is 11.9. The predicted octanol–water partition coefficient (Wildman–Crippen LogP) is 1.88. The minimum absolute atomic E-state index is 0. The van der Waals surface area contributed by atoms with Gasteiger partial charge in [0.05, 0.1) is 0 Å². The summed E-state index contributed by atoms with van der Waals surface area (Å²) in [6.07, 6.45) is -0.164. The van der Waals surface area contributed by atoms with Crippen molar-refractivity contribution in [1.82, 2.24) is 10.2 Å². The van der Waals surface area contributed by atoms with Gasteiger partial charge in [-0.1, -0.05) is 6.92 Å². The van der Waals surface area contributed by atoms with E-state index in [-0.39, 0.29) is 23.9 Å². The Morgan fingerprint density at radius 2 is 2.12 bits per heavy atom. The number of ether oxygens (including phenoxy) is 1. The first-order valence-corrected chi connectivity index (χ1v) is 5.99. The van der Waals surface area contributed by atoms with Gasteiger partial charge >= 0.3 is 6.09 Å². The minimum atomic E-state index is -0.395. The lowest BCUT2D eigenvalue weighted by atomic mass is 9.83. The number of likely N-dealkylation sites (tertiary alicyclic amines) is 1. The van der Waals surface area contributed by atoms with Crippen LogP contribution >= 0.6 is 12.4 Å². The zero-order valence-electron chi connectivity index (χ0n) is 11.1. The number of amides is 1. The molecule has 4 nitrogen and oxygen atoms in total. The van der Waals surface area contributed by atoms with Crippen molar-refractivity contribution in [2.45, 2.75) is 33.3 Å². The summed E-state index contributed by atoms with van der Waals surface area (Å²) in [6, 6.07) is 0. The average Bonchev–Trinajstić information content (AvgIpc) is 2.55. The van der Waals surface area contributed by atoms with Crippen LogP contribution in [0.3, 0.4) is 0 Å². The molecule has 1 N–H and O–H groups in total. The maximum absolute atomic E-state index is 11.9. The maximum atomic E-state index is 11.9. The molecular formula is C12H23ClN2O2. The van der Waals surface area contributed by atoms with Crippen LogP contribution in [0.2, 0.25) is 0 Å². The Hall–Kier alpha value is -0.480. The highest BCUT2D eigenvalue weighted by Gasteiger charge is 2.48. The molecule has 1 amide bonds. The van der Waals surface area contributed by atoms with Gasteiger partial charge in [0.1, 0.15) is 5.60 Å². The van der Waals surface area contributed by atoms with E-state index in [0.29, 0.717) is 5.92 Å². The van der Waals surface area contributed by atoms with E-state index in [1.165, 1.54) is 0 Å². The Balaban J connectivity index is 0.00000144. The number of hydrogen-bond acceptors (Lipinski definition) is 3. The van der Waals surface area contributed by atoms with Crippen LogP contribution in [0.15, 0.2) is 0 Å². The van der Waals surface area contributed by atoms with Gasteiger partial charge in [0.15, 0.2) is 0 Å². The summed E-state index contributed by atoms with van der Waals surface area (Å²) in [4.78, 5) is 13.8. The van der Waals surface area contributed by atoms with Crippen LogP contribution in [0.5, 0.6) is 0 Å². The molecule has 0 aromatic carbocycles. The summed E-state index contributed by atoms with van der Waals surface area (Å²) in [5.74, 6) is 0.583. The summed E-state index contributed by atoms with van der Waals surface area (Å²) in [5, 5.41) is 3.39. The van der Waals surface area contributed by atoms with E-state index in [9.17, 15) is 4.79 Å². The van der Waals surface area contributed by atoms with Gasteiger partial charge < -0.3 is 15.0 Å². The highest BCUT2D eigenvalue weighted by molar-refractivity contribution is 5.85. The molecule has 2 rings (SSSR count). The summed E-state index contributed by atoms with van der Waals surface area (Å²) >= 11 is 0. The van der Waals surface area contributed by atoms with Crippen molar-refractivity contribution in [2.75, 3.05) is 26.2 Å². The molecule has 0 radical (unpaired) electrons. The monoisotopic (exact) mass is 262 g/mol. The highest BCUT2D eigenvalue weighted by Crippen LogP contribution is 2.38. The van der Waals surface area contributed by atoms with Crippen molar-refractivity contribution >= 4 is 18.5 Å². The van der Waals surface area contributed by atoms with E-state index < -0.39 is 5.60 Å². The molecule has 0 aliphatic carbocycles. The molecule has 2 aliphatic rings. The van der Waals surface area contributed by atoms with Gasteiger partial charge in [0, 0.05) is 31.6 Å². The molecular weight excluding hydrogens is 240 g/mol. The molecule has 100 valence electrons. The van der Waals surface area contributed by atoms with Crippen LogP contribution in [0.4, 0.5) is 4.79 Å². The van der Waals surface area contributed by atoms with Crippen molar-refractivity contribution in [1.29, 1.82) is 0 Å². The second-order valence-corrected chi connectivity index (χ2v) is 6.34. The minimum Gasteiger partial charge on any atom is -0.444 e. The maximum Gasteiger partial charge on any atom is 0.410 e. The Morgan fingerprint density at radius 3 is 2.65 bits per heavy atom. The standard InChI is InChI=1S/C12H22N2O2.ClH/c1-11(2,3)16-10(15)14-6-9-5-13-7-12(9,4)8-14;/h9,13H,5-8H2,1-4H3;1H. The normalized spacial score (nSPS) is 32.0. The molecule has 2 aliphatic heterocycles. The van der Waals surface area contributed by atoms with Crippen molar-refractivity contribution < 1.29 is 9.53 Å². The van der Waals surface area contributed by atoms with Crippen LogP contribution in [-0.2, 0) is 4.74 Å². The Kier molecular flexibility index (Phi) is 3.99. The van der Waals surface area contributed by atoms with Crippen LogP contribution in [0, 0.1) is 11.3 Å². The predicted molar refractivity (Wildman–Crippen MR) is 69.5 cm³/mol. The van der Waals surface area contributed by atoms with E-state index in [2.05, 4.69) is 12.2 Å². The molecule has 0 bridgehead atoms. The molecule has 0 spiro atoms. The largest absolute Gasteiger partial charge is 0.444 e. The van der Waals surface area contributed by atoms with Crippen molar-refractivity contribution in [3.8, 4) is 0 Å². The smallest absolute Gasteiger partial charge is 0.410 e. The van der Waals surface area contributed by atoms with Crippen LogP contribution < -0.4 is 5.32 Å². The first-order chi connectivity index (χ1) is 7.30. The fraction of sp³-hybridized carbons (Fsp3) is 0.917. The van der Waals surface area contributed by atoms with E-state index in [1.54, 1.807) is 0 Å². The van der Waals surface area contributed by atoms with Gasteiger partial charge in [-0.25, -0.2) is 4.79 Å². The lowest BCUT2D eigenvalue weighted by molar-refractivity contribution is 0.0272. The topological polar surface area (TPSA) is 41.6 Å². The number of hydrogen-bond donors (Lipinski definition) is 1. The number of fused-ring (bicyclic) bond motifs is 1. The third-order valence-electron chi connectivity index (χ3n) is 3.55. The van der Waals surface area contributed by atoms with Crippen LogP contribution in [-0.4, -0.2) is 42.8 Å². The van der Waals surface area contributed by atoms with Crippen molar-refractivity contribution in [3.63, 3.8) is 0 Å². The Bertz CT molecular complexity index is 303. The molecule has 0 aromatic heterocycles. The second kappa shape index (κ2) is 4.65. The first kappa shape index (κ1) is 14.6. The van der Waals surface area contributed by atoms with Gasteiger partial charge in [0.25, 0.3) is 0 Å². The first-order valence-electron chi connectivity index (χ1n) is 5.99. The Labute approximate surface area is 109 Å². The average molecular weight is 263 g/mol. The highest BCUT2D eigenvalue weighted by atomic mass is 35.5. The molecule has 2 fully saturated rings. The fourth-order valence-electron chi connectivity index (χ4n) is 2.62. The Morgan fingerprint density at radius 1 is 1.47 bits per heavy atom. The molecule has 2 heterocycles. The van der Waals surface area contributed by atoms with Gasteiger partial charge in [-0.2, -0.15) is 0 Å². The third kappa shape index (κ3) is 3.05. The molecule has 2 unspecified atom stereocenters. The van der Waals surface area contributed by atoms with Gasteiger partial charge in [-0.15, -0.1) is 12.4 Å². The van der Waals surface area contributed by atoms with Crippen molar-refractivity contribution in [2.24, 2.45) is 11.3 Å². The quantitative estimate of drug-likeness (QED) is 0.725. The SMILES string of the molecule is CC(C)(C)OC(=O)N1CC2CNCC2(C)C1.Cl. The second-order valence-electron chi connectivity index (χ2n) is 6.34. The number of halogens is 1. The van der Waals surface area contributed by atoms with E-state index in [4.69, 9.17) is 4.74 Å². The molecule has 0 aromatic rings. The summed E-state index contributed by atoms with van der Waals surface area (Å²) in [7, 11) is 0. The lowest BCUT2D eigenvalue weighted by Gasteiger charge is -2.26. The van der Waals surface area contributed by atoms with E-state index >= 15 is 0 Å². The summed E-state index contributed by atoms with van der Waals surface area (Å²) in [6.45, 7) is 11.7. The lowest BCUT2D eigenvalue weighted by Crippen LogP contribution is -2.38. The molecule has 2 atom stereocenters. The van der Waals surface area contributed by atoms with Gasteiger partial charge in [-0.05, 0) is 26.7 Å².